The summed E-state index contributed by atoms with van der Waals surface area (Å²) in [6.07, 6.45) is 0.321. The highest BCUT2D eigenvalue weighted by molar-refractivity contribution is 7.99. The molecule has 0 unspecified atom stereocenters. The van der Waals surface area contributed by atoms with E-state index < -0.39 is 0 Å². The van der Waals surface area contributed by atoms with Crippen molar-refractivity contribution in [1.82, 2.24) is 14.6 Å². The molecule has 0 aliphatic heterocycles. The molecule has 0 atom stereocenters. The van der Waals surface area contributed by atoms with E-state index in [1.807, 2.05) is 6.07 Å². The fraction of sp³-hybridized carbons (Fsp3) is 0.250. The summed E-state index contributed by atoms with van der Waals surface area (Å²) in [5.41, 5.74) is 5.31. The fourth-order valence-corrected chi connectivity index (χ4v) is 4.47. The van der Waals surface area contributed by atoms with Crippen LogP contribution in [0, 0.1) is 13.8 Å². The number of ether oxygens (including phenoxy) is 1. The number of para-hydroxylation sites is 1. The molecular weight excluding hydrogens is 424 g/mol. The average molecular weight is 449 g/mol. The summed E-state index contributed by atoms with van der Waals surface area (Å²) in [5, 5.41) is 13.5. The number of aromatic nitrogens is 3. The molecule has 0 saturated carbocycles. The molecule has 2 aromatic carbocycles. The normalized spacial score (nSPS) is 11.1. The van der Waals surface area contributed by atoms with Gasteiger partial charge in [-0.25, -0.2) is 4.79 Å². The van der Waals surface area contributed by atoms with Gasteiger partial charge in [-0.15, -0.1) is 10.2 Å². The van der Waals surface area contributed by atoms with Crippen molar-refractivity contribution in [3.8, 4) is 0 Å². The zero-order valence-electron chi connectivity index (χ0n) is 18.2. The number of thioether (sulfide) groups is 1. The van der Waals surface area contributed by atoms with Crippen LogP contribution < -0.4 is 5.32 Å². The van der Waals surface area contributed by atoms with Crippen LogP contribution in [0.5, 0.6) is 0 Å². The first kappa shape index (κ1) is 21.8. The van der Waals surface area contributed by atoms with Crippen molar-refractivity contribution >= 4 is 45.9 Å². The Kier molecular flexibility index (Phi) is 6.41. The number of anilines is 1. The van der Waals surface area contributed by atoms with Crippen LogP contribution in [0.25, 0.3) is 16.6 Å². The second kappa shape index (κ2) is 9.40. The molecule has 2 aromatic heterocycles. The third-order valence-corrected chi connectivity index (χ3v) is 6.06. The maximum Gasteiger partial charge on any atom is 0.338 e. The minimum Gasteiger partial charge on any atom is -0.462 e. The Bertz CT molecular complexity index is 1300. The zero-order valence-corrected chi connectivity index (χ0v) is 19.0. The van der Waals surface area contributed by atoms with Crippen molar-refractivity contribution in [2.75, 3.05) is 17.7 Å². The van der Waals surface area contributed by atoms with E-state index in [4.69, 9.17) is 4.74 Å². The van der Waals surface area contributed by atoms with Crippen LogP contribution in [0.2, 0.25) is 0 Å². The molecule has 0 aliphatic carbocycles. The molecule has 2 heterocycles. The average Bonchev–Trinajstić information content (AvgIpc) is 3.17. The Morgan fingerprint density at radius 2 is 1.84 bits per heavy atom. The quantitative estimate of drug-likeness (QED) is 0.323. The van der Waals surface area contributed by atoms with Crippen molar-refractivity contribution < 1.29 is 14.3 Å². The number of fused-ring (bicyclic) bond motifs is 3. The monoisotopic (exact) mass is 448 g/mol. The number of benzene rings is 2. The number of nitrogens with zero attached hydrogens (tertiary/aromatic N) is 3. The molecule has 0 fully saturated rings. The molecule has 7 nitrogen and oxygen atoms in total. The highest BCUT2D eigenvalue weighted by atomic mass is 32.2. The minimum absolute atomic E-state index is 0.105. The topological polar surface area (TPSA) is 85.6 Å². The van der Waals surface area contributed by atoms with Crippen LogP contribution in [-0.2, 0) is 9.53 Å². The Hall–Kier alpha value is -3.39. The number of carbonyl (C=O) groups is 2. The maximum atomic E-state index is 12.4. The second-order valence-corrected chi connectivity index (χ2v) is 8.48. The number of pyridine rings is 1. The summed E-state index contributed by atoms with van der Waals surface area (Å²) in [6.45, 7) is 6.24. The third kappa shape index (κ3) is 4.45. The number of aryl methyl sites for hydroxylation is 2. The molecule has 0 radical (unpaired) electrons. The van der Waals surface area contributed by atoms with Crippen molar-refractivity contribution in [3.63, 3.8) is 0 Å². The van der Waals surface area contributed by atoms with Gasteiger partial charge in [0.1, 0.15) is 0 Å². The Balaban J connectivity index is 1.41. The number of nitrogens with one attached hydrogen (secondary N) is 1. The summed E-state index contributed by atoms with van der Waals surface area (Å²) in [5.74, 6) is 0.0850. The smallest absolute Gasteiger partial charge is 0.338 e. The van der Waals surface area contributed by atoms with Crippen LogP contribution in [-0.4, -0.2) is 38.8 Å². The maximum absolute atomic E-state index is 12.4. The second-order valence-electron chi connectivity index (χ2n) is 7.42. The van der Waals surface area contributed by atoms with E-state index in [0.29, 0.717) is 30.0 Å². The van der Waals surface area contributed by atoms with E-state index in [2.05, 4.69) is 52.0 Å². The third-order valence-electron chi connectivity index (χ3n) is 5.13. The minimum atomic E-state index is -0.375. The summed E-state index contributed by atoms with van der Waals surface area (Å²) in [6, 6.07) is 14.9. The predicted molar refractivity (Wildman–Crippen MR) is 126 cm³/mol. The van der Waals surface area contributed by atoms with Gasteiger partial charge in [-0.1, -0.05) is 30.0 Å². The fourth-order valence-electron chi connectivity index (χ4n) is 3.59. The van der Waals surface area contributed by atoms with E-state index in [-0.39, 0.29) is 11.9 Å². The molecule has 0 bridgehead atoms. The number of carbonyl (C=O) groups excluding carboxylic acids is 2. The Morgan fingerprint density at radius 3 is 2.59 bits per heavy atom. The SMILES string of the molecule is CCOC(=O)c1ccc(NC(=O)CCSc2nnc3cc(C)c4cccc(C)c4n23)cc1. The first-order valence-corrected chi connectivity index (χ1v) is 11.4. The van der Waals surface area contributed by atoms with Gasteiger partial charge >= 0.3 is 5.97 Å². The molecule has 4 rings (SSSR count). The first-order valence-electron chi connectivity index (χ1n) is 10.4. The standard InChI is InChI=1S/C24H24N4O3S/c1-4-31-23(30)17-8-10-18(11-9-17)25-21(29)12-13-32-24-27-26-20-14-16(3)19-7-5-6-15(2)22(19)28(20)24/h5-11,14H,4,12-13H2,1-3H3,(H,25,29). The van der Waals surface area contributed by atoms with Crippen LogP contribution in [0.15, 0.2) is 53.7 Å². The summed E-state index contributed by atoms with van der Waals surface area (Å²) in [4.78, 5) is 24.1. The highest BCUT2D eigenvalue weighted by Gasteiger charge is 2.14. The molecule has 32 heavy (non-hydrogen) atoms. The zero-order chi connectivity index (χ0) is 22.7. The lowest BCUT2D eigenvalue weighted by molar-refractivity contribution is -0.115. The van der Waals surface area contributed by atoms with Gasteiger partial charge in [-0.3, -0.25) is 9.20 Å². The summed E-state index contributed by atoms with van der Waals surface area (Å²) < 4.78 is 7.03. The Labute approximate surface area is 190 Å². The van der Waals surface area contributed by atoms with E-state index in [0.717, 1.165) is 27.4 Å². The van der Waals surface area contributed by atoms with Crippen LogP contribution in [0.4, 0.5) is 5.69 Å². The van der Waals surface area contributed by atoms with Crippen LogP contribution in [0.3, 0.4) is 0 Å². The van der Waals surface area contributed by atoms with Gasteiger partial charge in [-0.2, -0.15) is 0 Å². The summed E-state index contributed by atoms with van der Waals surface area (Å²) in [7, 11) is 0. The van der Waals surface area contributed by atoms with E-state index in [1.54, 1.807) is 31.2 Å². The molecular formula is C24H24N4O3S. The number of esters is 1. The molecule has 4 aromatic rings. The lowest BCUT2D eigenvalue weighted by Crippen LogP contribution is -2.12. The number of rotatable bonds is 7. The molecule has 1 amide bonds. The van der Waals surface area contributed by atoms with Crippen molar-refractivity contribution in [2.24, 2.45) is 0 Å². The molecule has 0 aliphatic rings. The van der Waals surface area contributed by atoms with E-state index >= 15 is 0 Å². The number of hydrogen-bond donors (Lipinski definition) is 1. The van der Waals surface area contributed by atoms with Gasteiger partial charge in [0.25, 0.3) is 0 Å². The highest BCUT2D eigenvalue weighted by Crippen LogP contribution is 2.28. The van der Waals surface area contributed by atoms with E-state index in [1.165, 1.54) is 17.1 Å². The van der Waals surface area contributed by atoms with Gasteiger partial charge in [-0.05, 0) is 62.2 Å². The van der Waals surface area contributed by atoms with Crippen LogP contribution in [0.1, 0.15) is 34.8 Å². The molecule has 0 saturated heterocycles. The Morgan fingerprint density at radius 1 is 1.06 bits per heavy atom. The summed E-state index contributed by atoms with van der Waals surface area (Å²) >= 11 is 1.50. The van der Waals surface area contributed by atoms with Gasteiger partial charge in [0, 0.05) is 23.2 Å². The van der Waals surface area contributed by atoms with Gasteiger partial charge in [0.05, 0.1) is 17.7 Å². The van der Waals surface area contributed by atoms with E-state index in [9.17, 15) is 9.59 Å². The largest absolute Gasteiger partial charge is 0.462 e. The number of amides is 1. The molecule has 8 heteroatoms. The lowest BCUT2D eigenvalue weighted by atomic mass is 10.1. The number of hydrogen-bond acceptors (Lipinski definition) is 6. The van der Waals surface area contributed by atoms with Crippen LogP contribution >= 0.6 is 11.8 Å². The van der Waals surface area contributed by atoms with Crippen molar-refractivity contribution in [1.29, 1.82) is 0 Å². The first-order chi connectivity index (χ1) is 15.5. The van der Waals surface area contributed by atoms with Gasteiger partial charge in [0.2, 0.25) is 5.91 Å². The predicted octanol–water partition coefficient (Wildman–Crippen LogP) is 4.80. The molecule has 0 spiro atoms. The molecule has 1 N–H and O–H groups in total. The van der Waals surface area contributed by atoms with Crippen molar-refractivity contribution in [3.05, 3.63) is 65.2 Å². The van der Waals surface area contributed by atoms with Gasteiger partial charge < -0.3 is 10.1 Å². The van der Waals surface area contributed by atoms with Crippen molar-refractivity contribution in [2.45, 2.75) is 32.3 Å². The van der Waals surface area contributed by atoms with Gasteiger partial charge in [0.15, 0.2) is 10.8 Å². The lowest BCUT2D eigenvalue weighted by Gasteiger charge is -2.10. The molecule has 164 valence electrons.